The Morgan fingerprint density at radius 1 is 0.712 bits per heavy atom. The zero-order valence-corrected chi connectivity index (χ0v) is 30.5. The van der Waals surface area contributed by atoms with Gasteiger partial charge >= 0.3 is 18.0 Å². The largest absolute Gasteiger partial charge is 0.458 e. The molecular formula is C44H42ClNO6. The molecule has 0 bridgehead atoms. The van der Waals surface area contributed by atoms with E-state index in [1.807, 2.05) is 116 Å². The summed E-state index contributed by atoms with van der Waals surface area (Å²) in [4.78, 5) is 40.8. The van der Waals surface area contributed by atoms with Crippen LogP contribution in [0, 0.1) is 6.92 Å². The molecule has 0 heterocycles. The number of hydrogen-bond acceptors (Lipinski definition) is 6. The van der Waals surface area contributed by atoms with Gasteiger partial charge in [-0.3, -0.25) is 4.79 Å². The van der Waals surface area contributed by atoms with E-state index in [1.165, 1.54) is 0 Å². The van der Waals surface area contributed by atoms with Gasteiger partial charge in [0.05, 0.1) is 0 Å². The van der Waals surface area contributed by atoms with Crippen molar-refractivity contribution < 1.29 is 28.6 Å². The maximum Gasteiger partial charge on any atom is 0.407 e. The Labute approximate surface area is 309 Å². The number of amides is 1. The summed E-state index contributed by atoms with van der Waals surface area (Å²) in [6, 6.07) is 39.3. The van der Waals surface area contributed by atoms with Crippen LogP contribution in [0.5, 0.6) is 0 Å². The molecule has 0 aliphatic heterocycles. The Bertz CT molecular complexity index is 2010. The van der Waals surface area contributed by atoms with E-state index >= 15 is 0 Å². The molecule has 266 valence electrons. The number of hydrogen-bond donors (Lipinski definition) is 1. The molecule has 0 fully saturated rings. The summed E-state index contributed by atoms with van der Waals surface area (Å²) in [5.41, 5.74) is 5.11. The number of carbonyl (C=O) groups is 3. The van der Waals surface area contributed by atoms with Gasteiger partial charge in [-0.05, 0) is 62.4 Å². The van der Waals surface area contributed by atoms with Crippen molar-refractivity contribution in [2.45, 2.75) is 63.7 Å². The Hall–Kier alpha value is -5.40. The van der Waals surface area contributed by atoms with Crippen LogP contribution in [0.3, 0.4) is 0 Å². The first kappa shape index (κ1) is 36.4. The monoisotopic (exact) mass is 715 g/mol. The minimum Gasteiger partial charge on any atom is -0.458 e. The number of nitrogens with one attached hydrogen (secondary N) is 1. The highest BCUT2D eigenvalue weighted by Gasteiger charge is 2.42. The molecular weight excluding hydrogens is 674 g/mol. The van der Waals surface area contributed by atoms with Crippen molar-refractivity contribution in [2.75, 3.05) is 6.61 Å². The Morgan fingerprint density at radius 3 is 1.88 bits per heavy atom. The van der Waals surface area contributed by atoms with Gasteiger partial charge in [-0.15, -0.1) is 0 Å². The predicted octanol–water partition coefficient (Wildman–Crippen LogP) is 9.51. The van der Waals surface area contributed by atoms with Crippen molar-refractivity contribution in [1.82, 2.24) is 5.32 Å². The molecule has 0 radical (unpaired) electrons. The van der Waals surface area contributed by atoms with Crippen LogP contribution in [0.4, 0.5) is 4.79 Å². The van der Waals surface area contributed by atoms with Crippen LogP contribution >= 0.6 is 11.6 Å². The van der Waals surface area contributed by atoms with Crippen LogP contribution in [0.15, 0.2) is 127 Å². The van der Waals surface area contributed by atoms with Gasteiger partial charge in [0, 0.05) is 34.1 Å². The number of aryl methyl sites for hydroxylation is 1. The predicted molar refractivity (Wildman–Crippen MR) is 202 cm³/mol. The number of carbonyl (C=O) groups excluding carboxylic acids is 3. The van der Waals surface area contributed by atoms with Gasteiger partial charge in [-0.2, -0.15) is 0 Å². The molecule has 8 heteroatoms. The van der Waals surface area contributed by atoms with Crippen LogP contribution in [-0.2, 0) is 29.4 Å². The standard InChI is InChI=1S/C44H42ClNO6/c1-29-22-24-31(25-23-29)44(30-14-6-5-7-15-30,37-20-12-13-21-38(37)45)51-40(47)27-26-39(41(48)52-43(2,3)4)46-42(49)50-28-36-34-18-10-8-16-32(34)33-17-9-11-19-35(33)36/h5-25,36,39H,26-28H2,1-4H3,(H,46,49)/t39-,44?/m0/s1. The molecule has 0 saturated heterocycles. The molecule has 1 unspecified atom stereocenters. The SMILES string of the molecule is Cc1ccc(C(OC(=O)CC[C@H](NC(=O)OCC2c3ccccc3-c3ccccc32)C(=O)OC(C)(C)C)(c2ccccc2)c2ccccc2Cl)cc1. The van der Waals surface area contributed by atoms with Crippen molar-refractivity contribution >= 4 is 29.6 Å². The molecule has 6 rings (SSSR count). The van der Waals surface area contributed by atoms with Crippen LogP contribution in [0.1, 0.15) is 72.9 Å². The third kappa shape index (κ3) is 7.90. The number of benzene rings is 5. The molecule has 5 aromatic rings. The lowest BCUT2D eigenvalue weighted by atomic mass is 9.79. The van der Waals surface area contributed by atoms with E-state index in [2.05, 4.69) is 17.4 Å². The lowest BCUT2D eigenvalue weighted by molar-refractivity contribution is -0.158. The number of ether oxygens (including phenoxy) is 3. The smallest absolute Gasteiger partial charge is 0.407 e. The fourth-order valence-electron chi connectivity index (χ4n) is 6.75. The minimum atomic E-state index is -1.41. The zero-order chi connectivity index (χ0) is 36.9. The molecule has 5 aromatic carbocycles. The lowest BCUT2D eigenvalue weighted by Crippen LogP contribution is -2.45. The molecule has 0 spiro atoms. The van der Waals surface area contributed by atoms with E-state index in [0.29, 0.717) is 21.7 Å². The first-order chi connectivity index (χ1) is 25.0. The van der Waals surface area contributed by atoms with E-state index in [4.69, 9.17) is 25.8 Å². The molecule has 7 nitrogen and oxygen atoms in total. The fourth-order valence-corrected chi connectivity index (χ4v) is 7.02. The van der Waals surface area contributed by atoms with Crippen molar-refractivity contribution in [1.29, 1.82) is 0 Å². The van der Waals surface area contributed by atoms with E-state index < -0.39 is 35.3 Å². The van der Waals surface area contributed by atoms with Gasteiger partial charge in [0.1, 0.15) is 18.2 Å². The zero-order valence-electron chi connectivity index (χ0n) is 29.7. The van der Waals surface area contributed by atoms with Crippen molar-refractivity contribution in [3.05, 3.63) is 166 Å². The maximum atomic E-state index is 14.0. The number of halogens is 1. The second-order valence-electron chi connectivity index (χ2n) is 14.0. The average Bonchev–Trinajstić information content (AvgIpc) is 3.45. The summed E-state index contributed by atoms with van der Waals surface area (Å²) in [7, 11) is 0. The van der Waals surface area contributed by atoms with Gasteiger partial charge in [0.25, 0.3) is 0 Å². The van der Waals surface area contributed by atoms with Crippen LogP contribution in [-0.4, -0.2) is 36.3 Å². The fraction of sp³-hybridized carbons (Fsp3) is 0.250. The van der Waals surface area contributed by atoms with Gasteiger partial charge in [-0.1, -0.05) is 138 Å². The van der Waals surface area contributed by atoms with Gasteiger partial charge in [-0.25, -0.2) is 9.59 Å². The number of fused-ring (bicyclic) bond motifs is 3. The summed E-state index contributed by atoms with van der Waals surface area (Å²) < 4.78 is 17.9. The summed E-state index contributed by atoms with van der Waals surface area (Å²) in [6.45, 7) is 7.27. The summed E-state index contributed by atoms with van der Waals surface area (Å²) >= 11 is 6.83. The van der Waals surface area contributed by atoms with E-state index in [1.54, 1.807) is 26.8 Å². The number of rotatable bonds is 11. The van der Waals surface area contributed by atoms with Gasteiger partial charge in [0.15, 0.2) is 5.60 Å². The summed E-state index contributed by atoms with van der Waals surface area (Å²) in [5.74, 6) is -1.45. The van der Waals surface area contributed by atoms with Gasteiger partial charge in [0.2, 0.25) is 0 Å². The van der Waals surface area contributed by atoms with Crippen molar-refractivity contribution in [2.24, 2.45) is 0 Å². The van der Waals surface area contributed by atoms with Crippen molar-refractivity contribution in [3.8, 4) is 11.1 Å². The van der Waals surface area contributed by atoms with E-state index in [0.717, 1.165) is 27.8 Å². The van der Waals surface area contributed by atoms with E-state index in [-0.39, 0.29) is 25.4 Å². The van der Waals surface area contributed by atoms with Crippen LogP contribution in [0.2, 0.25) is 5.02 Å². The molecule has 0 aromatic heterocycles. The highest BCUT2D eigenvalue weighted by molar-refractivity contribution is 6.31. The first-order valence-electron chi connectivity index (χ1n) is 17.4. The van der Waals surface area contributed by atoms with Crippen molar-refractivity contribution in [3.63, 3.8) is 0 Å². The molecule has 2 atom stereocenters. The first-order valence-corrected chi connectivity index (χ1v) is 17.8. The molecule has 1 amide bonds. The highest BCUT2D eigenvalue weighted by Crippen LogP contribution is 2.45. The maximum absolute atomic E-state index is 14.0. The van der Waals surface area contributed by atoms with Crippen LogP contribution < -0.4 is 5.32 Å². The lowest BCUT2D eigenvalue weighted by Gasteiger charge is -2.36. The van der Waals surface area contributed by atoms with Crippen LogP contribution in [0.25, 0.3) is 11.1 Å². The minimum absolute atomic E-state index is 0.0664. The molecule has 1 aliphatic rings. The highest BCUT2D eigenvalue weighted by atomic mass is 35.5. The Kier molecular flexibility index (Phi) is 10.8. The Balaban J connectivity index is 1.23. The molecule has 0 saturated carbocycles. The molecule has 52 heavy (non-hydrogen) atoms. The number of alkyl carbamates (subject to hydrolysis) is 1. The normalized spacial score (nSPS) is 13.9. The quantitative estimate of drug-likeness (QED) is 0.0833. The summed E-state index contributed by atoms with van der Waals surface area (Å²) in [6.07, 6.45) is -1.11. The molecule has 1 aliphatic carbocycles. The molecule has 1 N–H and O–H groups in total. The van der Waals surface area contributed by atoms with E-state index in [9.17, 15) is 14.4 Å². The second-order valence-corrected chi connectivity index (χ2v) is 14.4. The van der Waals surface area contributed by atoms with Gasteiger partial charge < -0.3 is 19.5 Å². The Morgan fingerprint density at radius 2 is 1.27 bits per heavy atom. The average molecular weight is 716 g/mol. The topological polar surface area (TPSA) is 90.9 Å². The summed E-state index contributed by atoms with van der Waals surface area (Å²) in [5, 5.41) is 3.09. The third-order valence-corrected chi connectivity index (χ3v) is 9.45. The third-order valence-electron chi connectivity index (χ3n) is 9.12. The number of esters is 2. The second kappa shape index (κ2) is 15.5.